The summed E-state index contributed by atoms with van der Waals surface area (Å²) in [5.41, 5.74) is 0.284. The van der Waals surface area contributed by atoms with Crippen LogP contribution in [0.1, 0.15) is 6.92 Å². The first-order valence-electron chi connectivity index (χ1n) is 10.3. The monoisotopic (exact) mass is 461 g/mol. The van der Waals surface area contributed by atoms with Crippen LogP contribution in [0.15, 0.2) is 58.3 Å². The minimum absolute atomic E-state index is 0.0198. The lowest BCUT2D eigenvalue weighted by atomic mass is 10.3. The lowest BCUT2D eigenvalue weighted by molar-refractivity contribution is -0.130. The second kappa shape index (κ2) is 10.4. The van der Waals surface area contributed by atoms with Crippen LogP contribution in [0.2, 0.25) is 0 Å². The van der Waals surface area contributed by atoms with E-state index in [1.54, 1.807) is 53.1 Å². The van der Waals surface area contributed by atoms with E-state index < -0.39 is 9.84 Å². The second-order valence-corrected chi connectivity index (χ2v) is 8.96. The first-order valence-corrected chi connectivity index (χ1v) is 11.8. The molecule has 1 aliphatic rings. The molecule has 0 aliphatic carbocycles. The molecule has 0 bridgehead atoms. The van der Waals surface area contributed by atoms with E-state index in [-0.39, 0.29) is 39.8 Å². The number of amides is 2. The van der Waals surface area contributed by atoms with E-state index >= 15 is 0 Å². The van der Waals surface area contributed by atoms with E-state index in [9.17, 15) is 18.0 Å². The number of anilines is 1. The number of ether oxygens (including phenoxy) is 2. The summed E-state index contributed by atoms with van der Waals surface area (Å²) >= 11 is 0. The average molecular weight is 462 g/mol. The molecule has 1 saturated heterocycles. The summed E-state index contributed by atoms with van der Waals surface area (Å²) in [6.07, 6.45) is -0.384. The fourth-order valence-electron chi connectivity index (χ4n) is 3.45. The highest BCUT2D eigenvalue weighted by Crippen LogP contribution is 2.35. The standard InChI is InChI=1S/C22H27N3O6S/c1-3-31-22(27)25-14-12-24(13-15-25)20(26)16-23-18-10-7-11-19(30-2)21(18)32(28,29)17-8-5-4-6-9-17/h4-11,23H,3,12-16H2,1-2H3. The maximum Gasteiger partial charge on any atom is 0.409 e. The summed E-state index contributed by atoms with van der Waals surface area (Å²) in [4.78, 5) is 27.8. The normalized spacial score (nSPS) is 14.1. The molecule has 9 nitrogen and oxygen atoms in total. The number of sulfone groups is 1. The lowest BCUT2D eigenvalue weighted by Crippen LogP contribution is -2.51. The molecule has 2 aromatic carbocycles. The van der Waals surface area contributed by atoms with Gasteiger partial charge in [-0.15, -0.1) is 0 Å². The van der Waals surface area contributed by atoms with E-state index in [1.807, 2.05) is 0 Å². The molecule has 1 aliphatic heterocycles. The topological polar surface area (TPSA) is 105 Å². The maximum atomic E-state index is 13.3. The van der Waals surface area contributed by atoms with Gasteiger partial charge in [-0.2, -0.15) is 0 Å². The number of benzene rings is 2. The Labute approximate surface area is 187 Å². The van der Waals surface area contributed by atoms with Crippen LogP contribution in [0.5, 0.6) is 5.75 Å². The molecular weight excluding hydrogens is 434 g/mol. The Morgan fingerprint density at radius 2 is 1.62 bits per heavy atom. The highest BCUT2D eigenvalue weighted by atomic mass is 32.2. The Kier molecular flexibility index (Phi) is 7.57. The Morgan fingerprint density at radius 3 is 2.25 bits per heavy atom. The summed E-state index contributed by atoms with van der Waals surface area (Å²) in [5.74, 6) is -0.00580. The fraction of sp³-hybridized carbons (Fsp3) is 0.364. The van der Waals surface area contributed by atoms with Crippen molar-refractivity contribution in [3.05, 3.63) is 48.5 Å². The zero-order valence-corrected chi connectivity index (χ0v) is 18.9. The van der Waals surface area contributed by atoms with Crippen LogP contribution in [0, 0.1) is 0 Å². The second-order valence-electron chi connectivity index (χ2n) is 7.07. The van der Waals surface area contributed by atoms with Gasteiger partial charge in [0.15, 0.2) is 0 Å². The average Bonchev–Trinajstić information content (AvgIpc) is 2.83. The van der Waals surface area contributed by atoms with Gasteiger partial charge in [-0.3, -0.25) is 4.79 Å². The summed E-state index contributed by atoms with van der Waals surface area (Å²) in [6, 6.07) is 12.9. The molecular formula is C22H27N3O6S. The van der Waals surface area contributed by atoms with Crippen molar-refractivity contribution >= 4 is 27.5 Å². The van der Waals surface area contributed by atoms with Gasteiger partial charge in [0.2, 0.25) is 15.7 Å². The summed E-state index contributed by atoms with van der Waals surface area (Å²) in [5, 5.41) is 2.96. The van der Waals surface area contributed by atoms with Gasteiger partial charge in [0.05, 0.1) is 30.8 Å². The minimum Gasteiger partial charge on any atom is -0.495 e. The number of nitrogens with zero attached hydrogens (tertiary/aromatic N) is 2. The molecule has 1 N–H and O–H groups in total. The number of hydrogen-bond donors (Lipinski definition) is 1. The Morgan fingerprint density at radius 1 is 0.969 bits per heavy atom. The zero-order chi connectivity index (χ0) is 23.1. The van der Waals surface area contributed by atoms with Crippen LogP contribution in [-0.4, -0.2) is 76.7 Å². The summed E-state index contributed by atoms with van der Waals surface area (Å²) < 4.78 is 36.8. The third kappa shape index (κ3) is 5.13. The number of rotatable bonds is 7. The Balaban J connectivity index is 1.72. The van der Waals surface area contributed by atoms with Crippen molar-refractivity contribution < 1.29 is 27.5 Å². The van der Waals surface area contributed by atoms with Gasteiger partial charge in [-0.05, 0) is 31.2 Å². The van der Waals surface area contributed by atoms with E-state index in [2.05, 4.69) is 5.32 Å². The van der Waals surface area contributed by atoms with Crippen molar-refractivity contribution in [2.45, 2.75) is 16.7 Å². The zero-order valence-electron chi connectivity index (χ0n) is 18.1. The van der Waals surface area contributed by atoms with Gasteiger partial charge in [0.1, 0.15) is 10.6 Å². The highest BCUT2D eigenvalue weighted by molar-refractivity contribution is 7.91. The third-order valence-electron chi connectivity index (χ3n) is 5.11. The largest absolute Gasteiger partial charge is 0.495 e. The van der Waals surface area contributed by atoms with Gasteiger partial charge >= 0.3 is 6.09 Å². The lowest BCUT2D eigenvalue weighted by Gasteiger charge is -2.34. The molecule has 32 heavy (non-hydrogen) atoms. The van der Waals surface area contributed by atoms with Crippen LogP contribution < -0.4 is 10.1 Å². The number of carbonyl (C=O) groups is 2. The molecule has 1 heterocycles. The van der Waals surface area contributed by atoms with Crippen LogP contribution in [-0.2, 0) is 19.4 Å². The van der Waals surface area contributed by atoms with Gasteiger partial charge in [0.25, 0.3) is 0 Å². The van der Waals surface area contributed by atoms with Gasteiger partial charge in [-0.25, -0.2) is 13.2 Å². The van der Waals surface area contributed by atoms with Crippen molar-refractivity contribution in [2.75, 3.05) is 51.8 Å². The Bertz CT molecular complexity index is 1050. The van der Waals surface area contributed by atoms with E-state index in [4.69, 9.17) is 9.47 Å². The fourth-order valence-corrected chi connectivity index (χ4v) is 5.04. The number of piperazine rings is 1. The van der Waals surface area contributed by atoms with Gasteiger partial charge in [0, 0.05) is 26.2 Å². The molecule has 2 aromatic rings. The molecule has 3 rings (SSSR count). The van der Waals surface area contributed by atoms with Gasteiger partial charge in [-0.1, -0.05) is 24.3 Å². The Hall–Kier alpha value is -3.27. The van der Waals surface area contributed by atoms with E-state index in [0.29, 0.717) is 32.8 Å². The molecule has 0 aromatic heterocycles. The smallest absolute Gasteiger partial charge is 0.409 e. The van der Waals surface area contributed by atoms with Crippen molar-refractivity contribution in [2.24, 2.45) is 0 Å². The van der Waals surface area contributed by atoms with Crippen LogP contribution in [0.4, 0.5) is 10.5 Å². The number of hydrogen-bond acceptors (Lipinski definition) is 7. The molecule has 0 radical (unpaired) electrons. The molecule has 10 heteroatoms. The molecule has 0 spiro atoms. The number of carbonyl (C=O) groups excluding carboxylic acids is 2. The van der Waals surface area contributed by atoms with E-state index in [1.165, 1.54) is 19.2 Å². The highest BCUT2D eigenvalue weighted by Gasteiger charge is 2.28. The summed E-state index contributed by atoms with van der Waals surface area (Å²) in [7, 11) is -2.48. The quantitative estimate of drug-likeness (QED) is 0.674. The predicted molar refractivity (Wildman–Crippen MR) is 119 cm³/mol. The predicted octanol–water partition coefficient (Wildman–Crippen LogP) is 2.24. The molecule has 2 amide bonds. The number of nitrogens with one attached hydrogen (secondary N) is 1. The minimum atomic E-state index is -3.88. The maximum absolute atomic E-state index is 13.3. The van der Waals surface area contributed by atoms with Crippen LogP contribution in [0.3, 0.4) is 0 Å². The van der Waals surface area contributed by atoms with Crippen molar-refractivity contribution in [3.63, 3.8) is 0 Å². The molecule has 0 unspecified atom stereocenters. The molecule has 1 fully saturated rings. The number of methoxy groups -OCH3 is 1. The van der Waals surface area contributed by atoms with Crippen molar-refractivity contribution in [1.82, 2.24) is 9.80 Å². The first kappa shape index (κ1) is 23.4. The molecule has 172 valence electrons. The third-order valence-corrected chi connectivity index (χ3v) is 6.96. The van der Waals surface area contributed by atoms with E-state index in [0.717, 1.165) is 0 Å². The van der Waals surface area contributed by atoms with Crippen LogP contribution in [0.25, 0.3) is 0 Å². The van der Waals surface area contributed by atoms with Crippen LogP contribution >= 0.6 is 0 Å². The summed E-state index contributed by atoms with van der Waals surface area (Å²) in [6.45, 7) is 3.49. The van der Waals surface area contributed by atoms with Gasteiger partial charge < -0.3 is 24.6 Å². The SMILES string of the molecule is CCOC(=O)N1CCN(C(=O)CNc2cccc(OC)c2S(=O)(=O)c2ccccc2)CC1. The molecule has 0 atom stereocenters. The van der Waals surface area contributed by atoms with Crippen molar-refractivity contribution in [1.29, 1.82) is 0 Å². The molecule has 0 saturated carbocycles. The first-order chi connectivity index (χ1) is 15.4. The van der Waals surface area contributed by atoms with Crippen molar-refractivity contribution in [3.8, 4) is 5.75 Å².